The molecule has 0 atom stereocenters. The van der Waals surface area contributed by atoms with Gasteiger partial charge in [0, 0.05) is 6.54 Å². The molecule has 0 unspecified atom stereocenters. The molecule has 16 heavy (non-hydrogen) atoms. The molecule has 4 N–H and O–H groups in total. The van der Waals surface area contributed by atoms with Crippen LogP contribution in [0.2, 0.25) is 0 Å². The summed E-state index contributed by atoms with van der Waals surface area (Å²) in [6, 6.07) is 0.208. The summed E-state index contributed by atoms with van der Waals surface area (Å²) in [5, 5.41) is 12.8. The van der Waals surface area contributed by atoms with E-state index in [2.05, 4.69) is 20.8 Å². The van der Waals surface area contributed by atoms with E-state index in [0.29, 0.717) is 18.4 Å². The van der Waals surface area contributed by atoms with Crippen molar-refractivity contribution in [3.05, 3.63) is 5.89 Å². The fourth-order valence-electron chi connectivity index (χ4n) is 0.944. The van der Waals surface area contributed by atoms with Crippen molar-refractivity contribution in [2.24, 2.45) is 11.7 Å². The second-order valence-electron chi connectivity index (χ2n) is 3.76. The third-order valence-electron chi connectivity index (χ3n) is 1.75. The minimum absolute atomic E-state index is 0.110. The topological polar surface area (TPSA) is 106 Å². The predicted octanol–water partition coefficient (Wildman–Crippen LogP) is -0.288. The Morgan fingerprint density at radius 1 is 1.50 bits per heavy atom. The maximum atomic E-state index is 11.3. The van der Waals surface area contributed by atoms with E-state index in [0.717, 1.165) is 0 Å². The molecule has 0 radical (unpaired) electrons. The molecular formula is C9H17N5O2. The van der Waals surface area contributed by atoms with Gasteiger partial charge in [0.05, 0.1) is 13.1 Å². The zero-order chi connectivity index (χ0) is 12.0. The van der Waals surface area contributed by atoms with E-state index in [1.165, 1.54) is 0 Å². The van der Waals surface area contributed by atoms with Gasteiger partial charge in [-0.25, -0.2) is 0 Å². The van der Waals surface area contributed by atoms with Crippen LogP contribution in [0.5, 0.6) is 0 Å². The van der Waals surface area contributed by atoms with Gasteiger partial charge in [0.1, 0.15) is 0 Å². The van der Waals surface area contributed by atoms with Gasteiger partial charge < -0.3 is 20.8 Å². The molecule has 7 nitrogen and oxygen atoms in total. The molecule has 0 saturated heterocycles. The van der Waals surface area contributed by atoms with Crippen molar-refractivity contribution in [1.82, 2.24) is 15.5 Å². The van der Waals surface area contributed by atoms with Crippen molar-refractivity contribution in [2.45, 2.75) is 20.4 Å². The first-order valence-corrected chi connectivity index (χ1v) is 5.14. The van der Waals surface area contributed by atoms with E-state index in [9.17, 15) is 4.79 Å². The SMILES string of the molecule is CC(C)CNC(=O)CNc1nnc(CN)o1. The molecule has 0 aromatic carbocycles. The number of carbonyl (C=O) groups is 1. The number of nitrogens with one attached hydrogen (secondary N) is 2. The van der Waals surface area contributed by atoms with E-state index in [4.69, 9.17) is 10.2 Å². The third-order valence-corrected chi connectivity index (χ3v) is 1.75. The number of carbonyl (C=O) groups excluding carboxylic acids is 1. The Labute approximate surface area is 93.8 Å². The standard InChI is InChI=1S/C9H17N5O2/c1-6(2)4-11-7(15)5-12-9-14-13-8(3-10)16-9/h6H,3-5,10H2,1-2H3,(H,11,15)(H,12,14). The van der Waals surface area contributed by atoms with E-state index in [-0.39, 0.29) is 25.0 Å². The molecule has 0 fully saturated rings. The Morgan fingerprint density at radius 3 is 2.81 bits per heavy atom. The Hall–Kier alpha value is -1.63. The van der Waals surface area contributed by atoms with Gasteiger partial charge in [-0.15, -0.1) is 5.10 Å². The third kappa shape index (κ3) is 4.26. The molecule has 7 heteroatoms. The molecule has 0 saturated carbocycles. The maximum absolute atomic E-state index is 11.3. The lowest BCUT2D eigenvalue weighted by Crippen LogP contribution is -2.32. The van der Waals surface area contributed by atoms with Crippen molar-refractivity contribution in [2.75, 3.05) is 18.4 Å². The largest absolute Gasteiger partial charge is 0.407 e. The number of nitrogens with zero attached hydrogens (tertiary/aromatic N) is 2. The van der Waals surface area contributed by atoms with Gasteiger partial charge in [-0.1, -0.05) is 18.9 Å². The lowest BCUT2D eigenvalue weighted by molar-refractivity contribution is -0.119. The molecule has 1 heterocycles. The number of nitrogens with two attached hydrogens (primary N) is 1. The van der Waals surface area contributed by atoms with Crippen molar-refractivity contribution in [3.8, 4) is 0 Å². The Kier molecular flexibility index (Phi) is 4.71. The average Bonchev–Trinajstić information content (AvgIpc) is 2.71. The van der Waals surface area contributed by atoms with E-state index >= 15 is 0 Å². The monoisotopic (exact) mass is 227 g/mol. The summed E-state index contributed by atoms with van der Waals surface area (Å²) in [4.78, 5) is 11.3. The van der Waals surface area contributed by atoms with Crippen LogP contribution in [0, 0.1) is 5.92 Å². The van der Waals surface area contributed by atoms with Crippen LogP contribution in [0.3, 0.4) is 0 Å². The van der Waals surface area contributed by atoms with E-state index in [1.54, 1.807) is 0 Å². The first-order chi connectivity index (χ1) is 7.61. The lowest BCUT2D eigenvalue weighted by atomic mass is 10.2. The first-order valence-electron chi connectivity index (χ1n) is 5.14. The molecule has 90 valence electrons. The Balaban J connectivity index is 2.26. The zero-order valence-electron chi connectivity index (χ0n) is 9.49. The number of hydrogen-bond donors (Lipinski definition) is 3. The van der Waals surface area contributed by atoms with Gasteiger partial charge >= 0.3 is 6.01 Å². The molecule has 0 aliphatic rings. The van der Waals surface area contributed by atoms with Gasteiger partial charge in [0.2, 0.25) is 11.8 Å². The summed E-state index contributed by atoms with van der Waals surface area (Å²) >= 11 is 0. The molecule has 1 rings (SSSR count). The Bertz CT molecular complexity index is 336. The second kappa shape index (κ2) is 6.06. The zero-order valence-corrected chi connectivity index (χ0v) is 9.49. The highest BCUT2D eigenvalue weighted by Gasteiger charge is 2.06. The van der Waals surface area contributed by atoms with Gasteiger partial charge in [-0.3, -0.25) is 4.79 Å². The summed E-state index contributed by atoms with van der Waals surface area (Å²) in [5.41, 5.74) is 5.30. The molecule has 0 aliphatic heterocycles. The highest BCUT2D eigenvalue weighted by molar-refractivity contribution is 5.79. The predicted molar refractivity (Wildman–Crippen MR) is 58.5 cm³/mol. The van der Waals surface area contributed by atoms with E-state index in [1.807, 2.05) is 13.8 Å². The molecule has 0 bridgehead atoms. The summed E-state index contributed by atoms with van der Waals surface area (Å²) in [5.74, 6) is 0.655. The fraction of sp³-hybridized carbons (Fsp3) is 0.667. The van der Waals surface area contributed by atoms with Gasteiger partial charge in [0.25, 0.3) is 0 Å². The van der Waals surface area contributed by atoms with Crippen molar-refractivity contribution in [3.63, 3.8) is 0 Å². The van der Waals surface area contributed by atoms with Crippen molar-refractivity contribution >= 4 is 11.9 Å². The molecule has 0 spiro atoms. The fourth-order valence-corrected chi connectivity index (χ4v) is 0.944. The summed E-state index contributed by atoms with van der Waals surface area (Å²) < 4.78 is 5.07. The molecular weight excluding hydrogens is 210 g/mol. The van der Waals surface area contributed by atoms with Crippen LogP contribution in [-0.4, -0.2) is 29.2 Å². The summed E-state index contributed by atoms with van der Waals surface area (Å²) in [6.45, 7) is 5.00. The Morgan fingerprint density at radius 2 is 2.25 bits per heavy atom. The van der Waals surface area contributed by atoms with Crippen LogP contribution >= 0.6 is 0 Å². The summed E-state index contributed by atoms with van der Waals surface area (Å²) in [7, 11) is 0. The quantitative estimate of drug-likeness (QED) is 0.616. The molecule has 0 aliphatic carbocycles. The second-order valence-corrected chi connectivity index (χ2v) is 3.76. The highest BCUT2D eigenvalue weighted by atomic mass is 16.4. The van der Waals surface area contributed by atoms with Gasteiger partial charge in [-0.2, -0.15) is 0 Å². The van der Waals surface area contributed by atoms with Crippen LogP contribution in [0.1, 0.15) is 19.7 Å². The lowest BCUT2D eigenvalue weighted by Gasteiger charge is -2.07. The molecule has 1 aromatic rings. The number of hydrogen-bond acceptors (Lipinski definition) is 6. The van der Waals surface area contributed by atoms with Crippen LogP contribution < -0.4 is 16.4 Å². The van der Waals surface area contributed by atoms with Gasteiger partial charge in [-0.05, 0) is 5.92 Å². The summed E-state index contributed by atoms with van der Waals surface area (Å²) in [6.07, 6.45) is 0. The van der Waals surface area contributed by atoms with E-state index < -0.39 is 0 Å². The molecule has 1 aromatic heterocycles. The normalized spacial score (nSPS) is 10.5. The smallest absolute Gasteiger partial charge is 0.315 e. The van der Waals surface area contributed by atoms with Crippen molar-refractivity contribution < 1.29 is 9.21 Å². The van der Waals surface area contributed by atoms with Crippen LogP contribution in [-0.2, 0) is 11.3 Å². The number of rotatable bonds is 6. The molecule has 1 amide bonds. The van der Waals surface area contributed by atoms with Crippen molar-refractivity contribution in [1.29, 1.82) is 0 Å². The number of anilines is 1. The van der Waals surface area contributed by atoms with Crippen LogP contribution in [0.25, 0.3) is 0 Å². The average molecular weight is 227 g/mol. The number of amides is 1. The highest BCUT2D eigenvalue weighted by Crippen LogP contribution is 2.03. The first kappa shape index (κ1) is 12.4. The van der Waals surface area contributed by atoms with Gasteiger partial charge in [0.15, 0.2) is 0 Å². The van der Waals surface area contributed by atoms with Crippen LogP contribution in [0.4, 0.5) is 6.01 Å². The maximum Gasteiger partial charge on any atom is 0.315 e. The minimum atomic E-state index is -0.110. The minimum Gasteiger partial charge on any atom is -0.407 e. The van der Waals surface area contributed by atoms with Crippen LogP contribution in [0.15, 0.2) is 4.42 Å². The number of aromatic nitrogens is 2.